The molecule has 0 aliphatic heterocycles. The van der Waals surface area contributed by atoms with E-state index < -0.39 is 0 Å². The fraction of sp³-hybridized carbons (Fsp3) is 0.692. The van der Waals surface area contributed by atoms with E-state index in [1.165, 1.54) is 0 Å². The van der Waals surface area contributed by atoms with E-state index >= 15 is 0 Å². The summed E-state index contributed by atoms with van der Waals surface area (Å²) >= 11 is 0. The fourth-order valence-corrected chi connectivity index (χ4v) is 1.63. The number of ether oxygens (including phenoxy) is 1. The zero-order chi connectivity index (χ0) is 13.5. The van der Waals surface area contributed by atoms with Crippen LogP contribution in [0, 0.1) is 19.8 Å². The molecular weight excluding hydrogens is 230 g/mol. The van der Waals surface area contributed by atoms with E-state index in [0.717, 1.165) is 24.4 Å². The summed E-state index contributed by atoms with van der Waals surface area (Å²) in [7, 11) is 0. The smallest absolute Gasteiger partial charge is 0.255 e. The predicted octanol–water partition coefficient (Wildman–Crippen LogP) is 1.82. The van der Waals surface area contributed by atoms with Crippen molar-refractivity contribution in [1.82, 2.24) is 15.5 Å². The maximum atomic E-state index is 11.9. The molecule has 0 fully saturated rings. The Hall–Kier alpha value is -1.36. The summed E-state index contributed by atoms with van der Waals surface area (Å²) in [5, 5.41) is 9.63. The number of carbonyl (C=O) groups excluding carboxylic acids is 1. The number of H-pyrrole nitrogens is 1. The van der Waals surface area contributed by atoms with E-state index in [1.54, 1.807) is 0 Å². The molecule has 0 unspecified atom stereocenters. The first-order valence-electron chi connectivity index (χ1n) is 6.40. The molecule has 1 aromatic rings. The average Bonchev–Trinajstić information content (AvgIpc) is 2.63. The molecule has 1 heterocycles. The molecule has 102 valence electrons. The summed E-state index contributed by atoms with van der Waals surface area (Å²) in [6.45, 7) is 9.81. The van der Waals surface area contributed by atoms with Gasteiger partial charge in [0, 0.05) is 18.8 Å². The van der Waals surface area contributed by atoms with Crippen molar-refractivity contribution in [2.75, 3.05) is 19.8 Å². The van der Waals surface area contributed by atoms with Crippen molar-refractivity contribution in [1.29, 1.82) is 0 Å². The third kappa shape index (κ3) is 4.49. The summed E-state index contributed by atoms with van der Waals surface area (Å²) in [6, 6.07) is 0. The van der Waals surface area contributed by atoms with Gasteiger partial charge in [-0.1, -0.05) is 13.8 Å². The van der Waals surface area contributed by atoms with Gasteiger partial charge in [0.05, 0.1) is 17.9 Å². The van der Waals surface area contributed by atoms with Crippen LogP contribution in [0.3, 0.4) is 0 Å². The second kappa shape index (κ2) is 7.16. The van der Waals surface area contributed by atoms with Crippen LogP contribution in [0.5, 0.6) is 0 Å². The molecule has 0 atom stereocenters. The Balaban J connectivity index is 2.22. The number of nitrogens with one attached hydrogen (secondary N) is 2. The monoisotopic (exact) mass is 253 g/mol. The quantitative estimate of drug-likeness (QED) is 0.728. The van der Waals surface area contributed by atoms with Crippen LogP contribution < -0.4 is 5.32 Å². The van der Waals surface area contributed by atoms with Gasteiger partial charge in [0.25, 0.3) is 5.91 Å². The Kier molecular flexibility index (Phi) is 5.85. The molecular formula is C13H23N3O2. The van der Waals surface area contributed by atoms with Crippen molar-refractivity contribution in [2.24, 2.45) is 5.92 Å². The number of hydrogen-bond acceptors (Lipinski definition) is 3. The molecule has 0 bridgehead atoms. The number of carbonyl (C=O) groups is 1. The standard InChI is InChI=1S/C13H23N3O2/c1-9(2)5-7-18-8-6-14-13(17)12-10(3)15-16-11(12)4/h9H,5-8H2,1-4H3,(H,14,17)(H,15,16). The summed E-state index contributed by atoms with van der Waals surface area (Å²) in [4.78, 5) is 11.9. The second-order valence-electron chi connectivity index (χ2n) is 4.86. The van der Waals surface area contributed by atoms with Crippen LogP contribution in [0.1, 0.15) is 42.0 Å². The van der Waals surface area contributed by atoms with Crippen LogP contribution in [-0.4, -0.2) is 35.9 Å². The van der Waals surface area contributed by atoms with Crippen LogP contribution in [0.15, 0.2) is 0 Å². The average molecular weight is 253 g/mol. The summed E-state index contributed by atoms with van der Waals surface area (Å²) < 4.78 is 5.43. The highest BCUT2D eigenvalue weighted by Gasteiger charge is 2.14. The topological polar surface area (TPSA) is 67.0 Å². The lowest BCUT2D eigenvalue weighted by atomic mass is 10.1. The zero-order valence-corrected chi connectivity index (χ0v) is 11.7. The van der Waals surface area contributed by atoms with Crippen LogP contribution in [0.4, 0.5) is 0 Å². The highest BCUT2D eigenvalue weighted by Crippen LogP contribution is 2.08. The molecule has 18 heavy (non-hydrogen) atoms. The Morgan fingerprint density at radius 2 is 2.11 bits per heavy atom. The van der Waals surface area contributed by atoms with E-state index in [0.29, 0.717) is 24.6 Å². The molecule has 0 radical (unpaired) electrons. The van der Waals surface area contributed by atoms with Crippen LogP contribution in [0.25, 0.3) is 0 Å². The first-order chi connectivity index (χ1) is 8.52. The molecule has 0 spiro atoms. The summed E-state index contributed by atoms with van der Waals surface area (Å²) in [5.74, 6) is 0.557. The van der Waals surface area contributed by atoms with Gasteiger partial charge in [-0.3, -0.25) is 9.89 Å². The van der Waals surface area contributed by atoms with Crippen molar-refractivity contribution in [2.45, 2.75) is 34.1 Å². The van der Waals surface area contributed by atoms with Crippen molar-refractivity contribution in [3.05, 3.63) is 17.0 Å². The molecule has 0 saturated heterocycles. The van der Waals surface area contributed by atoms with E-state index in [-0.39, 0.29) is 5.91 Å². The van der Waals surface area contributed by atoms with Crippen LogP contribution in [0.2, 0.25) is 0 Å². The lowest BCUT2D eigenvalue weighted by Crippen LogP contribution is -2.28. The number of nitrogens with zero attached hydrogens (tertiary/aromatic N) is 1. The van der Waals surface area contributed by atoms with Gasteiger partial charge in [-0.05, 0) is 26.2 Å². The molecule has 5 nitrogen and oxygen atoms in total. The molecule has 1 aromatic heterocycles. The van der Waals surface area contributed by atoms with E-state index in [1.807, 2.05) is 13.8 Å². The largest absolute Gasteiger partial charge is 0.380 e. The van der Waals surface area contributed by atoms with E-state index in [4.69, 9.17) is 4.74 Å². The molecule has 0 aliphatic carbocycles. The molecule has 1 rings (SSSR count). The van der Waals surface area contributed by atoms with Crippen molar-refractivity contribution in [3.8, 4) is 0 Å². The van der Waals surface area contributed by atoms with E-state index in [9.17, 15) is 4.79 Å². The Morgan fingerprint density at radius 3 is 2.67 bits per heavy atom. The maximum absolute atomic E-state index is 11.9. The van der Waals surface area contributed by atoms with Crippen molar-refractivity contribution >= 4 is 5.91 Å². The van der Waals surface area contributed by atoms with Crippen molar-refractivity contribution < 1.29 is 9.53 Å². The van der Waals surface area contributed by atoms with Gasteiger partial charge in [-0.2, -0.15) is 5.10 Å². The first-order valence-corrected chi connectivity index (χ1v) is 6.40. The van der Waals surface area contributed by atoms with Gasteiger partial charge < -0.3 is 10.1 Å². The molecule has 1 amide bonds. The lowest BCUT2D eigenvalue weighted by molar-refractivity contribution is 0.0904. The zero-order valence-electron chi connectivity index (χ0n) is 11.7. The van der Waals surface area contributed by atoms with Gasteiger partial charge in [-0.25, -0.2) is 0 Å². The normalized spacial score (nSPS) is 10.9. The number of rotatable bonds is 7. The summed E-state index contributed by atoms with van der Waals surface area (Å²) in [6.07, 6.45) is 1.05. The first kappa shape index (κ1) is 14.7. The Morgan fingerprint density at radius 1 is 1.39 bits per heavy atom. The number of aromatic nitrogens is 2. The third-order valence-electron chi connectivity index (χ3n) is 2.73. The second-order valence-corrected chi connectivity index (χ2v) is 4.86. The number of aryl methyl sites for hydroxylation is 2. The SMILES string of the molecule is Cc1n[nH]c(C)c1C(=O)NCCOCCC(C)C. The molecule has 0 aliphatic rings. The van der Waals surface area contributed by atoms with Gasteiger partial charge in [0.2, 0.25) is 0 Å². The summed E-state index contributed by atoms with van der Waals surface area (Å²) in [5.41, 5.74) is 2.16. The Labute approximate surface area is 108 Å². The van der Waals surface area contributed by atoms with Crippen LogP contribution in [-0.2, 0) is 4.74 Å². The highest BCUT2D eigenvalue weighted by atomic mass is 16.5. The molecule has 0 saturated carbocycles. The molecule has 5 heteroatoms. The number of amides is 1. The Bertz CT molecular complexity index is 366. The number of aromatic amines is 1. The van der Waals surface area contributed by atoms with Gasteiger partial charge in [-0.15, -0.1) is 0 Å². The molecule has 2 N–H and O–H groups in total. The van der Waals surface area contributed by atoms with E-state index in [2.05, 4.69) is 29.4 Å². The third-order valence-corrected chi connectivity index (χ3v) is 2.73. The minimum atomic E-state index is -0.0915. The number of hydrogen-bond donors (Lipinski definition) is 2. The van der Waals surface area contributed by atoms with Gasteiger partial charge in [0.1, 0.15) is 0 Å². The fourth-order valence-electron chi connectivity index (χ4n) is 1.63. The predicted molar refractivity (Wildman–Crippen MR) is 70.7 cm³/mol. The van der Waals surface area contributed by atoms with Crippen LogP contribution >= 0.6 is 0 Å². The highest BCUT2D eigenvalue weighted by molar-refractivity contribution is 5.96. The lowest BCUT2D eigenvalue weighted by Gasteiger charge is -2.08. The minimum absolute atomic E-state index is 0.0915. The van der Waals surface area contributed by atoms with Gasteiger partial charge >= 0.3 is 0 Å². The van der Waals surface area contributed by atoms with Crippen molar-refractivity contribution in [3.63, 3.8) is 0 Å². The molecule has 0 aromatic carbocycles. The van der Waals surface area contributed by atoms with Gasteiger partial charge in [0.15, 0.2) is 0 Å². The maximum Gasteiger partial charge on any atom is 0.255 e. The minimum Gasteiger partial charge on any atom is -0.380 e.